The van der Waals surface area contributed by atoms with Crippen molar-refractivity contribution in [3.63, 3.8) is 0 Å². The van der Waals surface area contributed by atoms with Crippen LogP contribution in [0.4, 0.5) is 0 Å². The van der Waals surface area contributed by atoms with Crippen LogP contribution in [0.1, 0.15) is 36.5 Å². The van der Waals surface area contributed by atoms with Gasteiger partial charge in [0.15, 0.2) is 0 Å². The zero-order valence-corrected chi connectivity index (χ0v) is 11.5. The summed E-state index contributed by atoms with van der Waals surface area (Å²) < 4.78 is 0.945. The summed E-state index contributed by atoms with van der Waals surface area (Å²) in [5.74, 6) is 0.0948. The number of carbonyl (C=O) groups is 1. The number of unbranched alkanes of at least 4 members (excludes halogenated alkanes) is 2. The molecular weight excluding hydrogens is 266 g/mol. The van der Waals surface area contributed by atoms with E-state index in [1.807, 2.05) is 31.3 Å². The first-order valence-electron chi connectivity index (χ1n) is 5.66. The summed E-state index contributed by atoms with van der Waals surface area (Å²) >= 11 is 3.37. The second kappa shape index (κ2) is 6.69. The first kappa shape index (κ1) is 13.2. The maximum absolute atomic E-state index is 12.0. The van der Waals surface area contributed by atoms with Gasteiger partial charge in [0.25, 0.3) is 5.91 Å². The number of hydrogen-bond acceptors (Lipinski definition) is 1. The number of carbonyl (C=O) groups excluding carboxylic acids is 1. The minimum absolute atomic E-state index is 0.0948. The molecule has 0 radical (unpaired) electrons. The van der Waals surface area contributed by atoms with Gasteiger partial charge in [-0.3, -0.25) is 4.79 Å². The van der Waals surface area contributed by atoms with Gasteiger partial charge in [0.05, 0.1) is 0 Å². The summed E-state index contributed by atoms with van der Waals surface area (Å²) in [6.07, 6.45) is 3.43. The van der Waals surface area contributed by atoms with E-state index in [0.29, 0.717) is 0 Å². The average molecular weight is 284 g/mol. The van der Waals surface area contributed by atoms with E-state index < -0.39 is 0 Å². The van der Waals surface area contributed by atoms with Gasteiger partial charge in [0, 0.05) is 23.6 Å². The van der Waals surface area contributed by atoms with Gasteiger partial charge in [-0.05, 0) is 24.6 Å². The largest absolute Gasteiger partial charge is 0.342 e. The molecule has 1 amide bonds. The van der Waals surface area contributed by atoms with E-state index in [9.17, 15) is 4.79 Å². The molecule has 0 unspecified atom stereocenters. The van der Waals surface area contributed by atoms with Gasteiger partial charge in [0.1, 0.15) is 0 Å². The van der Waals surface area contributed by atoms with Crippen LogP contribution in [-0.4, -0.2) is 24.4 Å². The molecule has 1 aromatic carbocycles. The molecular formula is C13H18BrNO. The van der Waals surface area contributed by atoms with Crippen molar-refractivity contribution in [1.82, 2.24) is 4.90 Å². The van der Waals surface area contributed by atoms with Crippen molar-refractivity contribution in [1.29, 1.82) is 0 Å². The maximum Gasteiger partial charge on any atom is 0.253 e. The molecule has 1 aromatic rings. The number of halogens is 1. The molecule has 0 fully saturated rings. The van der Waals surface area contributed by atoms with Crippen LogP contribution < -0.4 is 0 Å². The van der Waals surface area contributed by atoms with E-state index in [0.717, 1.165) is 23.0 Å². The summed E-state index contributed by atoms with van der Waals surface area (Å²) in [6.45, 7) is 3.00. The molecule has 88 valence electrons. The highest BCUT2D eigenvalue weighted by molar-refractivity contribution is 9.10. The Morgan fingerprint density at radius 3 is 2.75 bits per heavy atom. The van der Waals surface area contributed by atoms with E-state index >= 15 is 0 Å². The summed E-state index contributed by atoms with van der Waals surface area (Å²) in [4.78, 5) is 13.8. The Labute approximate surface area is 106 Å². The summed E-state index contributed by atoms with van der Waals surface area (Å²) in [5, 5.41) is 0. The molecule has 0 bridgehead atoms. The summed E-state index contributed by atoms with van der Waals surface area (Å²) in [6, 6.07) is 7.52. The zero-order valence-electron chi connectivity index (χ0n) is 9.87. The first-order valence-corrected chi connectivity index (χ1v) is 6.45. The van der Waals surface area contributed by atoms with Crippen LogP contribution in [0.25, 0.3) is 0 Å². The second-order valence-electron chi connectivity index (χ2n) is 3.94. The lowest BCUT2D eigenvalue weighted by atomic mass is 10.2. The molecule has 0 spiro atoms. The van der Waals surface area contributed by atoms with Crippen LogP contribution in [0.5, 0.6) is 0 Å². The fraction of sp³-hybridized carbons (Fsp3) is 0.462. The number of nitrogens with zero attached hydrogens (tertiary/aromatic N) is 1. The third-order valence-corrected chi connectivity index (χ3v) is 3.01. The van der Waals surface area contributed by atoms with Crippen molar-refractivity contribution in [3.05, 3.63) is 34.3 Å². The number of benzene rings is 1. The third-order valence-electron chi connectivity index (χ3n) is 2.52. The number of rotatable bonds is 5. The lowest BCUT2D eigenvalue weighted by Gasteiger charge is -2.17. The highest BCUT2D eigenvalue weighted by atomic mass is 79.9. The van der Waals surface area contributed by atoms with Crippen molar-refractivity contribution < 1.29 is 4.79 Å². The molecule has 16 heavy (non-hydrogen) atoms. The van der Waals surface area contributed by atoms with Gasteiger partial charge in [0.2, 0.25) is 0 Å². The van der Waals surface area contributed by atoms with Crippen molar-refractivity contribution >= 4 is 21.8 Å². The zero-order chi connectivity index (χ0) is 12.0. The van der Waals surface area contributed by atoms with E-state index in [2.05, 4.69) is 22.9 Å². The van der Waals surface area contributed by atoms with Crippen molar-refractivity contribution in [2.75, 3.05) is 13.6 Å². The summed E-state index contributed by atoms with van der Waals surface area (Å²) in [7, 11) is 1.86. The molecule has 0 heterocycles. The Morgan fingerprint density at radius 1 is 1.38 bits per heavy atom. The molecule has 3 heteroatoms. The average Bonchev–Trinajstić information content (AvgIpc) is 2.28. The normalized spacial score (nSPS) is 10.2. The fourth-order valence-electron chi connectivity index (χ4n) is 1.54. The molecule has 0 aliphatic carbocycles. The lowest BCUT2D eigenvalue weighted by Crippen LogP contribution is -2.27. The molecule has 2 nitrogen and oxygen atoms in total. The smallest absolute Gasteiger partial charge is 0.253 e. The monoisotopic (exact) mass is 283 g/mol. The Bertz CT molecular complexity index is 352. The molecule has 0 aromatic heterocycles. The third kappa shape index (κ3) is 3.97. The molecule has 0 aliphatic heterocycles. The molecule has 0 atom stereocenters. The highest BCUT2D eigenvalue weighted by Gasteiger charge is 2.10. The molecule has 1 rings (SSSR count). The molecule has 0 aliphatic rings. The highest BCUT2D eigenvalue weighted by Crippen LogP contribution is 2.13. The van der Waals surface area contributed by atoms with Gasteiger partial charge in [-0.2, -0.15) is 0 Å². The van der Waals surface area contributed by atoms with Crippen molar-refractivity contribution in [2.45, 2.75) is 26.2 Å². The minimum atomic E-state index is 0.0948. The van der Waals surface area contributed by atoms with Gasteiger partial charge < -0.3 is 4.90 Å². The van der Waals surface area contributed by atoms with E-state index in [4.69, 9.17) is 0 Å². The van der Waals surface area contributed by atoms with E-state index in [1.54, 1.807) is 4.90 Å². The van der Waals surface area contributed by atoms with E-state index in [-0.39, 0.29) is 5.91 Å². The number of amides is 1. The van der Waals surface area contributed by atoms with Gasteiger partial charge in [-0.15, -0.1) is 0 Å². The minimum Gasteiger partial charge on any atom is -0.342 e. The Kier molecular flexibility index (Phi) is 5.53. The quantitative estimate of drug-likeness (QED) is 0.755. The van der Waals surface area contributed by atoms with Gasteiger partial charge in [-0.1, -0.05) is 41.8 Å². The van der Waals surface area contributed by atoms with Crippen molar-refractivity contribution in [2.24, 2.45) is 0 Å². The van der Waals surface area contributed by atoms with E-state index in [1.165, 1.54) is 12.8 Å². The van der Waals surface area contributed by atoms with Crippen LogP contribution in [0.2, 0.25) is 0 Å². The predicted octanol–water partition coefficient (Wildman–Crippen LogP) is 3.71. The van der Waals surface area contributed by atoms with Crippen LogP contribution in [-0.2, 0) is 0 Å². The van der Waals surface area contributed by atoms with Gasteiger partial charge in [-0.25, -0.2) is 0 Å². The topological polar surface area (TPSA) is 20.3 Å². The standard InChI is InChI=1S/C13H18BrNO/c1-3-4-5-9-15(2)13(16)11-7-6-8-12(14)10-11/h6-8,10H,3-5,9H2,1-2H3. The van der Waals surface area contributed by atoms with Crippen LogP contribution in [0.15, 0.2) is 28.7 Å². The predicted molar refractivity (Wildman–Crippen MR) is 70.6 cm³/mol. The Hall–Kier alpha value is -0.830. The van der Waals surface area contributed by atoms with Gasteiger partial charge >= 0.3 is 0 Å². The first-order chi connectivity index (χ1) is 7.65. The molecule has 0 saturated carbocycles. The second-order valence-corrected chi connectivity index (χ2v) is 4.86. The summed E-state index contributed by atoms with van der Waals surface area (Å²) in [5.41, 5.74) is 0.744. The lowest BCUT2D eigenvalue weighted by molar-refractivity contribution is 0.0792. The maximum atomic E-state index is 12.0. The molecule has 0 N–H and O–H groups in total. The Balaban J connectivity index is 2.56. The molecule has 0 saturated heterocycles. The van der Waals surface area contributed by atoms with Crippen LogP contribution in [0.3, 0.4) is 0 Å². The SMILES string of the molecule is CCCCCN(C)C(=O)c1cccc(Br)c1. The van der Waals surface area contributed by atoms with Crippen LogP contribution in [0, 0.1) is 0 Å². The Morgan fingerprint density at radius 2 is 2.12 bits per heavy atom. The van der Waals surface area contributed by atoms with Crippen LogP contribution >= 0.6 is 15.9 Å². The fourth-order valence-corrected chi connectivity index (χ4v) is 1.94. The number of hydrogen-bond donors (Lipinski definition) is 0. The van der Waals surface area contributed by atoms with Crippen molar-refractivity contribution in [3.8, 4) is 0 Å².